The van der Waals surface area contributed by atoms with E-state index >= 15 is 0 Å². The van der Waals surface area contributed by atoms with Gasteiger partial charge in [-0.25, -0.2) is 0 Å². The summed E-state index contributed by atoms with van der Waals surface area (Å²) in [5.74, 6) is -0.140. The lowest BCUT2D eigenvalue weighted by atomic mass is 10.0. The fourth-order valence-electron chi connectivity index (χ4n) is 2.30. The average molecular weight is 292 g/mol. The molecule has 1 aromatic rings. The van der Waals surface area contributed by atoms with Gasteiger partial charge in [-0.2, -0.15) is 0 Å². The Morgan fingerprint density at radius 2 is 2.05 bits per heavy atom. The minimum Gasteiger partial charge on any atom is -0.368 e. The number of rotatable bonds is 8. The number of nitro groups is 1. The van der Waals surface area contributed by atoms with Crippen LogP contribution >= 0.6 is 0 Å². The Morgan fingerprint density at radius 1 is 1.38 bits per heavy atom. The standard InChI is InChI=1S/C16H24N2O3/c1-5-7-10-17(12(3)6-2)16-9-8-14(18(20)21)11-15(16)13(4)19/h8-9,11-12H,5-7,10H2,1-4H3. The van der Waals surface area contributed by atoms with Crippen LogP contribution in [0.25, 0.3) is 0 Å². The lowest BCUT2D eigenvalue weighted by Crippen LogP contribution is -2.34. The number of unbranched alkanes of at least 4 members (excludes halogenated alkanes) is 1. The first-order valence-corrected chi connectivity index (χ1v) is 7.48. The lowest BCUT2D eigenvalue weighted by molar-refractivity contribution is -0.384. The van der Waals surface area contributed by atoms with Gasteiger partial charge in [-0.1, -0.05) is 20.3 Å². The zero-order chi connectivity index (χ0) is 16.0. The molecule has 0 N–H and O–H groups in total. The number of nitro benzene ring substituents is 1. The van der Waals surface area contributed by atoms with Crippen LogP contribution in [0.1, 0.15) is 57.3 Å². The van der Waals surface area contributed by atoms with Gasteiger partial charge in [0, 0.05) is 36.0 Å². The molecule has 1 atom stereocenters. The Bertz CT molecular complexity index is 514. The van der Waals surface area contributed by atoms with Crippen molar-refractivity contribution in [2.24, 2.45) is 0 Å². The lowest BCUT2D eigenvalue weighted by Gasteiger charge is -2.32. The Kier molecular flexibility index (Phi) is 6.34. The summed E-state index contributed by atoms with van der Waals surface area (Å²) < 4.78 is 0. The number of carbonyl (C=O) groups is 1. The smallest absolute Gasteiger partial charge is 0.270 e. The van der Waals surface area contributed by atoms with Crippen LogP contribution < -0.4 is 4.90 Å². The first-order chi connectivity index (χ1) is 9.92. The van der Waals surface area contributed by atoms with Gasteiger partial charge in [-0.05, 0) is 32.8 Å². The SMILES string of the molecule is CCCCN(c1ccc([N+](=O)[O-])cc1C(C)=O)C(C)CC. The molecule has 5 heteroatoms. The fraction of sp³-hybridized carbons (Fsp3) is 0.562. The molecular weight excluding hydrogens is 268 g/mol. The number of Topliss-reactive ketones (excluding diaryl/α,β-unsaturated/α-hetero) is 1. The minimum atomic E-state index is -0.462. The van der Waals surface area contributed by atoms with Crippen LogP contribution in [-0.2, 0) is 0 Å². The Morgan fingerprint density at radius 3 is 2.52 bits per heavy atom. The number of hydrogen-bond acceptors (Lipinski definition) is 4. The quantitative estimate of drug-likeness (QED) is 0.409. The van der Waals surface area contributed by atoms with Gasteiger partial charge in [0.05, 0.1) is 4.92 Å². The Hall–Kier alpha value is -1.91. The van der Waals surface area contributed by atoms with Crippen LogP contribution in [0.4, 0.5) is 11.4 Å². The molecular formula is C16H24N2O3. The fourth-order valence-corrected chi connectivity index (χ4v) is 2.30. The second kappa shape index (κ2) is 7.76. The van der Waals surface area contributed by atoms with Crippen LogP contribution in [0.5, 0.6) is 0 Å². The molecule has 0 fully saturated rings. The molecule has 0 heterocycles. The van der Waals surface area contributed by atoms with Crippen molar-refractivity contribution < 1.29 is 9.72 Å². The summed E-state index contributed by atoms with van der Waals surface area (Å²) in [6.07, 6.45) is 3.05. The van der Waals surface area contributed by atoms with Crippen molar-refractivity contribution in [3.8, 4) is 0 Å². The van der Waals surface area contributed by atoms with E-state index in [-0.39, 0.29) is 17.5 Å². The van der Waals surface area contributed by atoms with Gasteiger partial charge in [-0.15, -0.1) is 0 Å². The summed E-state index contributed by atoms with van der Waals surface area (Å²) in [6, 6.07) is 4.86. The van der Waals surface area contributed by atoms with E-state index in [2.05, 4.69) is 25.7 Å². The normalized spacial score (nSPS) is 12.0. The van der Waals surface area contributed by atoms with Gasteiger partial charge in [0.15, 0.2) is 5.78 Å². The van der Waals surface area contributed by atoms with Gasteiger partial charge < -0.3 is 4.90 Å². The number of ketones is 1. The maximum atomic E-state index is 11.9. The van der Waals surface area contributed by atoms with E-state index < -0.39 is 4.92 Å². The number of hydrogen-bond donors (Lipinski definition) is 0. The molecule has 0 amide bonds. The van der Waals surface area contributed by atoms with E-state index in [4.69, 9.17) is 0 Å². The molecule has 5 nitrogen and oxygen atoms in total. The number of carbonyl (C=O) groups excluding carboxylic acids is 1. The van der Waals surface area contributed by atoms with E-state index in [0.29, 0.717) is 5.56 Å². The van der Waals surface area contributed by atoms with Gasteiger partial charge in [0.1, 0.15) is 0 Å². The first kappa shape index (κ1) is 17.1. The van der Waals surface area contributed by atoms with Crippen molar-refractivity contribution >= 4 is 17.2 Å². The predicted octanol–water partition coefficient (Wildman–Crippen LogP) is 4.20. The van der Waals surface area contributed by atoms with E-state index in [9.17, 15) is 14.9 Å². The van der Waals surface area contributed by atoms with Crippen molar-refractivity contribution in [3.05, 3.63) is 33.9 Å². The Labute approximate surface area is 126 Å². The van der Waals surface area contributed by atoms with Crippen molar-refractivity contribution in [2.75, 3.05) is 11.4 Å². The number of non-ortho nitro benzene ring substituents is 1. The first-order valence-electron chi connectivity index (χ1n) is 7.48. The molecule has 0 saturated carbocycles. The van der Waals surface area contributed by atoms with Crippen molar-refractivity contribution in [2.45, 2.75) is 53.0 Å². The monoisotopic (exact) mass is 292 g/mol. The minimum absolute atomic E-state index is 0.0384. The maximum absolute atomic E-state index is 11.9. The van der Waals surface area contributed by atoms with Crippen molar-refractivity contribution in [1.29, 1.82) is 0 Å². The van der Waals surface area contributed by atoms with Crippen LogP contribution in [0, 0.1) is 10.1 Å². The molecule has 1 rings (SSSR count). The van der Waals surface area contributed by atoms with Gasteiger partial charge in [-0.3, -0.25) is 14.9 Å². The zero-order valence-electron chi connectivity index (χ0n) is 13.3. The topological polar surface area (TPSA) is 63.4 Å². The number of nitrogens with zero attached hydrogens (tertiary/aromatic N) is 2. The third-order valence-electron chi connectivity index (χ3n) is 3.76. The molecule has 116 valence electrons. The number of benzene rings is 1. The summed E-state index contributed by atoms with van der Waals surface area (Å²) in [5, 5.41) is 10.9. The average Bonchev–Trinajstić information content (AvgIpc) is 2.46. The molecule has 0 aromatic heterocycles. The molecule has 0 spiro atoms. The summed E-state index contributed by atoms with van der Waals surface area (Å²) in [7, 11) is 0. The predicted molar refractivity (Wildman–Crippen MR) is 85.1 cm³/mol. The van der Waals surface area contributed by atoms with E-state index in [1.54, 1.807) is 6.07 Å². The summed E-state index contributed by atoms with van der Waals surface area (Å²) >= 11 is 0. The van der Waals surface area contributed by atoms with Crippen molar-refractivity contribution in [3.63, 3.8) is 0 Å². The van der Waals surface area contributed by atoms with Crippen LogP contribution in [0.3, 0.4) is 0 Å². The second-order valence-corrected chi connectivity index (χ2v) is 5.32. The molecule has 1 aromatic carbocycles. The van der Waals surface area contributed by atoms with Gasteiger partial charge in [0.25, 0.3) is 5.69 Å². The highest BCUT2D eigenvalue weighted by Crippen LogP contribution is 2.28. The molecule has 0 saturated heterocycles. The highest BCUT2D eigenvalue weighted by Gasteiger charge is 2.20. The van der Waals surface area contributed by atoms with Crippen molar-refractivity contribution in [1.82, 2.24) is 0 Å². The maximum Gasteiger partial charge on any atom is 0.270 e. The summed E-state index contributed by atoms with van der Waals surface area (Å²) in [4.78, 5) is 24.5. The van der Waals surface area contributed by atoms with E-state index in [1.807, 2.05) is 0 Å². The van der Waals surface area contributed by atoms with Gasteiger partial charge >= 0.3 is 0 Å². The molecule has 0 aliphatic carbocycles. The summed E-state index contributed by atoms with van der Waals surface area (Å²) in [6.45, 7) is 8.64. The largest absolute Gasteiger partial charge is 0.368 e. The van der Waals surface area contributed by atoms with Crippen LogP contribution in [-0.4, -0.2) is 23.3 Å². The van der Waals surface area contributed by atoms with Crippen LogP contribution in [0.15, 0.2) is 18.2 Å². The molecule has 0 aliphatic rings. The summed E-state index contributed by atoms with van der Waals surface area (Å²) in [5.41, 5.74) is 1.19. The Balaban J connectivity index is 3.28. The third kappa shape index (κ3) is 4.28. The molecule has 0 bridgehead atoms. The molecule has 0 aliphatic heterocycles. The van der Waals surface area contributed by atoms with E-state index in [1.165, 1.54) is 19.1 Å². The molecule has 1 unspecified atom stereocenters. The third-order valence-corrected chi connectivity index (χ3v) is 3.76. The number of anilines is 1. The highest BCUT2D eigenvalue weighted by molar-refractivity contribution is 6.00. The zero-order valence-corrected chi connectivity index (χ0v) is 13.3. The van der Waals surface area contributed by atoms with Crippen LogP contribution in [0.2, 0.25) is 0 Å². The molecule has 0 radical (unpaired) electrons. The molecule has 21 heavy (non-hydrogen) atoms. The highest BCUT2D eigenvalue weighted by atomic mass is 16.6. The second-order valence-electron chi connectivity index (χ2n) is 5.32. The van der Waals surface area contributed by atoms with Gasteiger partial charge in [0.2, 0.25) is 0 Å². The van der Waals surface area contributed by atoms with E-state index in [0.717, 1.165) is 31.5 Å².